The minimum Gasteiger partial charge on any atom is -0.508 e. The van der Waals surface area contributed by atoms with Crippen LogP contribution in [0.1, 0.15) is 11.1 Å². The minimum atomic E-state index is -0.220. The molecule has 0 saturated heterocycles. The van der Waals surface area contributed by atoms with E-state index in [4.69, 9.17) is 11.1 Å². The standard InChI is InChI=1S/C22H22N6O2/c1-2-18(30)28(16-6-4-3-5-7-16)13-12-25-22-19(21(24)26-14-27-22)20(23)15-8-10-17(29)11-9-15/h2-11,14,23,29H,1,12-13H2,(H3,24,25,26,27). The number of phenols is 1. The van der Waals surface area contributed by atoms with Gasteiger partial charge in [-0.3, -0.25) is 10.2 Å². The lowest BCUT2D eigenvalue weighted by atomic mass is 10.0. The molecule has 0 fully saturated rings. The molecule has 3 rings (SSSR count). The van der Waals surface area contributed by atoms with Gasteiger partial charge >= 0.3 is 0 Å². The molecule has 0 saturated carbocycles. The number of anilines is 3. The minimum absolute atomic E-state index is 0.107. The Hall–Kier alpha value is -4.20. The van der Waals surface area contributed by atoms with Gasteiger partial charge in [-0.1, -0.05) is 24.8 Å². The zero-order chi connectivity index (χ0) is 21.5. The van der Waals surface area contributed by atoms with Crippen molar-refractivity contribution in [2.75, 3.05) is 29.0 Å². The Kier molecular flexibility index (Phi) is 6.39. The van der Waals surface area contributed by atoms with Gasteiger partial charge in [-0.15, -0.1) is 0 Å². The molecule has 8 heteroatoms. The molecule has 0 radical (unpaired) electrons. The van der Waals surface area contributed by atoms with E-state index in [-0.39, 0.29) is 23.2 Å². The van der Waals surface area contributed by atoms with E-state index in [2.05, 4.69) is 21.9 Å². The highest BCUT2D eigenvalue weighted by Gasteiger charge is 2.17. The zero-order valence-corrected chi connectivity index (χ0v) is 16.2. The van der Waals surface area contributed by atoms with Gasteiger partial charge in [0.15, 0.2) is 0 Å². The van der Waals surface area contributed by atoms with Crippen molar-refractivity contribution >= 4 is 28.9 Å². The highest BCUT2D eigenvalue weighted by Crippen LogP contribution is 2.23. The largest absolute Gasteiger partial charge is 0.508 e. The lowest BCUT2D eigenvalue weighted by Crippen LogP contribution is -2.34. The number of hydrogen-bond donors (Lipinski definition) is 4. The average molecular weight is 402 g/mol. The van der Waals surface area contributed by atoms with Gasteiger partial charge in [0.05, 0.1) is 11.3 Å². The molecule has 1 heterocycles. The van der Waals surface area contributed by atoms with Gasteiger partial charge in [0, 0.05) is 24.3 Å². The van der Waals surface area contributed by atoms with Gasteiger partial charge in [-0.25, -0.2) is 9.97 Å². The van der Waals surface area contributed by atoms with Crippen molar-refractivity contribution in [3.8, 4) is 5.75 Å². The lowest BCUT2D eigenvalue weighted by Gasteiger charge is -2.22. The second-order valence-electron chi connectivity index (χ2n) is 6.36. The van der Waals surface area contributed by atoms with Crippen LogP contribution in [-0.2, 0) is 4.79 Å². The molecular weight excluding hydrogens is 380 g/mol. The van der Waals surface area contributed by atoms with Crippen molar-refractivity contribution in [3.63, 3.8) is 0 Å². The maximum absolute atomic E-state index is 12.3. The Balaban J connectivity index is 1.79. The summed E-state index contributed by atoms with van der Waals surface area (Å²) in [5.41, 5.74) is 7.81. The number of phenolic OH excluding ortho intramolecular Hbond substituents is 1. The molecule has 0 unspecified atom stereocenters. The lowest BCUT2D eigenvalue weighted by molar-refractivity contribution is -0.114. The summed E-state index contributed by atoms with van der Waals surface area (Å²) in [5, 5.41) is 21.1. The number of amides is 1. The smallest absolute Gasteiger partial charge is 0.250 e. The van der Waals surface area contributed by atoms with Crippen molar-refractivity contribution in [1.82, 2.24) is 9.97 Å². The van der Waals surface area contributed by atoms with E-state index >= 15 is 0 Å². The summed E-state index contributed by atoms with van der Waals surface area (Å²) in [4.78, 5) is 22.1. The third-order valence-corrected chi connectivity index (χ3v) is 4.42. The molecular formula is C22H22N6O2. The van der Waals surface area contributed by atoms with Crippen LogP contribution in [0.3, 0.4) is 0 Å². The topological polar surface area (TPSA) is 128 Å². The van der Waals surface area contributed by atoms with Crippen molar-refractivity contribution < 1.29 is 9.90 Å². The van der Waals surface area contributed by atoms with Crippen LogP contribution in [0.4, 0.5) is 17.3 Å². The Morgan fingerprint density at radius 2 is 1.87 bits per heavy atom. The monoisotopic (exact) mass is 402 g/mol. The number of aromatic hydroxyl groups is 1. The molecule has 8 nitrogen and oxygen atoms in total. The predicted molar refractivity (Wildman–Crippen MR) is 118 cm³/mol. The van der Waals surface area contributed by atoms with Gasteiger partial charge in [-0.2, -0.15) is 0 Å². The third kappa shape index (κ3) is 4.61. The average Bonchev–Trinajstić information content (AvgIpc) is 2.77. The van der Waals surface area contributed by atoms with Crippen LogP contribution in [-0.4, -0.2) is 39.8 Å². The molecule has 0 aliphatic carbocycles. The van der Waals surface area contributed by atoms with Gasteiger partial charge in [0.2, 0.25) is 5.91 Å². The first-order valence-electron chi connectivity index (χ1n) is 9.23. The van der Waals surface area contributed by atoms with Crippen LogP contribution < -0.4 is 16.0 Å². The molecule has 2 aromatic carbocycles. The van der Waals surface area contributed by atoms with E-state index in [9.17, 15) is 9.90 Å². The molecule has 0 spiro atoms. The maximum atomic E-state index is 12.3. The molecule has 1 aromatic heterocycles. The molecule has 5 N–H and O–H groups in total. The maximum Gasteiger partial charge on any atom is 0.250 e. The summed E-state index contributed by atoms with van der Waals surface area (Å²) in [6.07, 6.45) is 2.58. The summed E-state index contributed by atoms with van der Waals surface area (Å²) in [6.45, 7) is 4.28. The molecule has 152 valence electrons. The molecule has 3 aromatic rings. The van der Waals surface area contributed by atoms with Gasteiger partial charge in [-0.05, 0) is 42.5 Å². The number of carbonyl (C=O) groups excluding carboxylic acids is 1. The Morgan fingerprint density at radius 3 is 2.53 bits per heavy atom. The van der Waals surface area contributed by atoms with Gasteiger partial charge in [0.1, 0.15) is 23.7 Å². The van der Waals surface area contributed by atoms with E-state index in [1.165, 1.54) is 24.5 Å². The predicted octanol–water partition coefficient (Wildman–Crippen LogP) is 2.81. The second kappa shape index (κ2) is 9.33. The van der Waals surface area contributed by atoms with E-state index in [1.54, 1.807) is 17.0 Å². The number of rotatable bonds is 8. The molecule has 0 aliphatic rings. The molecule has 30 heavy (non-hydrogen) atoms. The Bertz CT molecular complexity index is 1050. The number of carbonyl (C=O) groups is 1. The molecule has 0 aliphatic heterocycles. The van der Waals surface area contributed by atoms with Gasteiger partial charge in [0.25, 0.3) is 0 Å². The number of nitrogens with two attached hydrogens (primary N) is 1. The number of para-hydroxylation sites is 1. The fourth-order valence-electron chi connectivity index (χ4n) is 2.92. The number of hydrogen-bond acceptors (Lipinski definition) is 7. The molecule has 1 amide bonds. The molecule has 0 atom stereocenters. The molecule has 0 bridgehead atoms. The highest BCUT2D eigenvalue weighted by atomic mass is 16.3. The SMILES string of the molecule is C=CC(=O)N(CCNc1ncnc(N)c1C(=N)c1ccc(O)cc1)c1ccccc1. The fourth-order valence-corrected chi connectivity index (χ4v) is 2.92. The Morgan fingerprint density at radius 1 is 1.17 bits per heavy atom. The van der Waals surface area contributed by atoms with E-state index in [0.29, 0.717) is 30.0 Å². The van der Waals surface area contributed by atoms with Crippen LogP contribution in [0.15, 0.2) is 73.6 Å². The van der Waals surface area contributed by atoms with Crippen molar-refractivity contribution in [2.45, 2.75) is 0 Å². The van der Waals surface area contributed by atoms with Crippen LogP contribution in [0.2, 0.25) is 0 Å². The van der Waals surface area contributed by atoms with Crippen LogP contribution in [0.25, 0.3) is 0 Å². The van der Waals surface area contributed by atoms with Crippen molar-refractivity contribution in [2.24, 2.45) is 0 Å². The fraction of sp³-hybridized carbons (Fsp3) is 0.0909. The summed E-state index contributed by atoms with van der Waals surface area (Å²) < 4.78 is 0. The number of nitrogen functional groups attached to an aromatic ring is 1. The number of benzene rings is 2. The third-order valence-electron chi connectivity index (χ3n) is 4.42. The van der Waals surface area contributed by atoms with Crippen molar-refractivity contribution in [1.29, 1.82) is 5.41 Å². The van der Waals surface area contributed by atoms with Crippen LogP contribution in [0, 0.1) is 5.41 Å². The van der Waals surface area contributed by atoms with E-state index < -0.39 is 0 Å². The number of nitrogens with zero attached hydrogens (tertiary/aromatic N) is 3. The first-order chi connectivity index (χ1) is 14.5. The summed E-state index contributed by atoms with van der Waals surface area (Å²) in [7, 11) is 0. The van der Waals surface area contributed by atoms with Crippen LogP contribution >= 0.6 is 0 Å². The van der Waals surface area contributed by atoms with Crippen LogP contribution in [0.5, 0.6) is 5.75 Å². The van der Waals surface area contributed by atoms with Crippen molar-refractivity contribution in [3.05, 3.63) is 84.7 Å². The van der Waals surface area contributed by atoms with E-state index in [1.807, 2.05) is 30.3 Å². The van der Waals surface area contributed by atoms with E-state index in [0.717, 1.165) is 5.69 Å². The second-order valence-corrected chi connectivity index (χ2v) is 6.36. The van der Waals surface area contributed by atoms with Gasteiger partial charge < -0.3 is 21.1 Å². The normalized spacial score (nSPS) is 10.3. The summed E-state index contributed by atoms with van der Waals surface area (Å²) in [6, 6.07) is 15.5. The first kappa shape index (κ1) is 20.5. The zero-order valence-electron chi connectivity index (χ0n) is 16.2. The number of nitrogens with one attached hydrogen (secondary N) is 2. The summed E-state index contributed by atoms with van der Waals surface area (Å²) in [5.74, 6) is 0.435. The first-order valence-corrected chi connectivity index (χ1v) is 9.23. The highest BCUT2D eigenvalue weighted by molar-refractivity contribution is 6.16. The number of aromatic nitrogens is 2. The Labute approximate surface area is 174 Å². The quantitative estimate of drug-likeness (QED) is 0.339. The summed E-state index contributed by atoms with van der Waals surface area (Å²) >= 11 is 0.